The molecule has 15 aromatic heterocycles. The fourth-order valence-electron chi connectivity index (χ4n) is 13.3. The molecule has 130 heavy (non-hydrogen) atoms. The van der Waals surface area contributed by atoms with Crippen LogP contribution in [0.5, 0.6) is 23.3 Å². The molecule has 0 N–H and O–H groups in total. The fraction of sp³-hybridized carbons (Fsp3) is 0. The van der Waals surface area contributed by atoms with E-state index >= 15 is 0 Å². The van der Waals surface area contributed by atoms with Gasteiger partial charge in [0.15, 0.2) is 103 Å². The Kier molecular flexibility index (Phi) is 17.6. The van der Waals surface area contributed by atoms with Crippen molar-refractivity contribution in [2.24, 2.45) is 0 Å². The summed E-state index contributed by atoms with van der Waals surface area (Å²) in [7, 11) is 0. The molecule has 0 saturated carbocycles. The lowest BCUT2D eigenvalue weighted by Gasteiger charge is -2.11. The number of hydrogen-bond acceptors (Lipinski definition) is 38. The van der Waals surface area contributed by atoms with Crippen molar-refractivity contribution in [1.29, 1.82) is 31.6 Å². The maximum atomic E-state index is 14.8. The number of fused-ring (bicyclic) bond motifs is 27. The summed E-state index contributed by atoms with van der Waals surface area (Å²) in [6.45, 7) is 0. The number of nitrogens with zero attached hydrogens (tertiary/aromatic N) is 36. The van der Waals surface area contributed by atoms with E-state index in [9.17, 15) is 84.3 Å². The highest BCUT2D eigenvalue weighted by molar-refractivity contribution is 6.43. The first kappa shape index (κ1) is 78.2. The summed E-state index contributed by atoms with van der Waals surface area (Å²) in [5.74, 6) is -21.8. The topological polar surface area (TPSA) is 548 Å². The van der Waals surface area contributed by atoms with Crippen LogP contribution in [0.1, 0.15) is 34.2 Å². The molecule has 38 nitrogen and oxygen atoms in total. The SMILES string of the molecule is Fc1nc2nc3c4nc5nc(F)c(F)nc5nc4c4nc5c(F)c(F)c(F)c(F)c5nc4c3nc2nc1F.N#Cc1nc2nc3c4nc5cc(Cl)c(Cl)cc5nc4c4nc5nc(Oc6ccccc6)c(C#N)nc5nc4c3nc2nc1Oc1ccccc1.N#Cc1nc2nc3c4nc5nc(C#N)c(C#N)nc5nc4c4nc5c(F)c(F)c(F)c(F)c5nc4c3nc2nc1C#N. The van der Waals surface area contributed by atoms with Crippen LogP contribution < -0.4 is 9.47 Å². The van der Waals surface area contributed by atoms with Gasteiger partial charge in [0.05, 0.1) is 21.1 Å². The molecule has 0 aliphatic rings. The number of halogens is 14. The third kappa shape index (κ3) is 12.3. The van der Waals surface area contributed by atoms with E-state index in [0.29, 0.717) is 22.5 Å². The van der Waals surface area contributed by atoms with Crippen molar-refractivity contribution < 1.29 is 62.2 Å². The van der Waals surface area contributed by atoms with Gasteiger partial charge < -0.3 is 9.47 Å². The predicted molar refractivity (Wildman–Crippen MR) is 419 cm³/mol. The second-order valence-electron chi connectivity index (χ2n) is 26.5. The summed E-state index contributed by atoms with van der Waals surface area (Å²) in [4.78, 5) is 125. The number of ether oxygens (including phenoxy) is 2. The largest absolute Gasteiger partial charge is 0.436 e. The average Bonchev–Trinajstić information content (AvgIpc) is 0.715. The molecule has 0 bridgehead atoms. The van der Waals surface area contributed by atoms with Crippen molar-refractivity contribution in [2.75, 3.05) is 0 Å². The van der Waals surface area contributed by atoms with Crippen LogP contribution in [-0.2, 0) is 0 Å². The number of hydrogen-bond donors (Lipinski definition) is 0. The zero-order valence-corrected chi connectivity index (χ0v) is 63.6. The molecule has 15 heterocycles. The third-order valence-corrected chi connectivity index (χ3v) is 19.7. The maximum Gasteiger partial charge on any atom is 0.270 e. The lowest BCUT2D eigenvalue weighted by molar-refractivity contribution is 0.416. The number of rotatable bonds is 4. The molecule has 0 fully saturated rings. The van der Waals surface area contributed by atoms with Gasteiger partial charge in [-0.25, -0.2) is 155 Å². The molecule has 0 amide bonds. The van der Waals surface area contributed by atoms with Crippen molar-refractivity contribution in [2.45, 2.75) is 0 Å². The van der Waals surface area contributed by atoms with Crippen LogP contribution >= 0.6 is 23.2 Å². The molecule has 0 unspecified atom stereocenters. The second kappa shape index (κ2) is 29.3. The van der Waals surface area contributed by atoms with E-state index in [1.165, 1.54) is 0 Å². The summed E-state index contributed by atoms with van der Waals surface area (Å²) in [6.07, 6.45) is 0. The Balaban J connectivity index is 0.000000119. The maximum absolute atomic E-state index is 14.8. The summed E-state index contributed by atoms with van der Waals surface area (Å²) in [5.41, 5.74) is -10.4. The predicted octanol–water partition coefficient (Wildman–Crippen LogP) is 13.5. The van der Waals surface area contributed by atoms with Gasteiger partial charge in [-0.1, -0.05) is 59.6 Å². The highest BCUT2D eigenvalue weighted by Crippen LogP contribution is 2.41. The molecule has 0 aliphatic carbocycles. The molecule has 0 saturated heterocycles. The van der Waals surface area contributed by atoms with Crippen LogP contribution in [0.2, 0.25) is 10.0 Å². The van der Waals surface area contributed by atoms with Gasteiger partial charge in [-0.2, -0.15) is 79.0 Å². The van der Waals surface area contributed by atoms with Gasteiger partial charge in [0, 0.05) is 0 Å². The van der Waals surface area contributed by atoms with E-state index in [1.807, 2.05) is 24.3 Å². The number of nitriles is 6. The first-order valence-electron chi connectivity index (χ1n) is 35.7. The Hall–Kier alpha value is -19.1. The van der Waals surface area contributed by atoms with Crippen LogP contribution in [0, 0.1) is 138 Å². The third-order valence-electron chi connectivity index (χ3n) is 18.9. The molecular weight excluding hydrogens is 1770 g/mol. The molecular formula is C78H12Cl2F12N36O2. The molecule has 0 aliphatic heterocycles. The highest BCUT2D eigenvalue weighted by Gasteiger charge is 2.32. The Morgan fingerprint density at radius 3 is 0.600 bits per heavy atom. The van der Waals surface area contributed by atoms with E-state index in [2.05, 4.69) is 120 Å². The van der Waals surface area contributed by atoms with E-state index in [0.717, 1.165) is 0 Å². The summed E-state index contributed by atoms with van der Waals surface area (Å²) >= 11 is 12.7. The van der Waals surface area contributed by atoms with Crippen molar-refractivity contribution >= 4 is 223 Å². The van der Waals surface area contributed by atoms with E-state index in [4.69, 9.17) is 62.6 Å². The molecule has 0 atom stereocenters. The summed E-state index contributed by atoms with van der Waals surface area (Å²) in [5, 5.41) is 57.8. The van der Waals surface area contributed by atoms with Crippen LogP contribution in [0.25, 0.3) is 200 Å². The molecule has 8 aromatic carbocycles. The van der Waals surface area contributed by atoms with E-state index in [1.54, 1.807) is 84.9 Å². The normalized spacial score (nSPS) is 11.6. The Morgan fingerprint density at radius 2 is 0.385 bits per heavy atom. The van der Waals surface area contributed by atoms with Gasteiger partial charge in [0.1, 0.15) is 169 Å². The molecule has 23 rings (SSSR count). The smallest absolute Gasteiger partial charge is 0.270 e. The van der Waals surface area contributed by atoms with Crippen molar-refractivity contribution in [3.63, 3.8) is 0 Å². The lowest BCUT2D eigenvalue weighted by Crippen LogP contribution is -2.06. The van der Waals surface area contributed by atoms with Crippen molar-refractivity contribution in [1.82, 2.24) is 150 Å². The van der Waals surface area contributed by atoms with Crippen LogP contribution in [-0.4, -0.2) is 150 Å². The number of para-hydroxylation sites is 2. The number of benzene rings is 8. The van der Waals surface area contributed by atoms with Gasteiger partial charge >= 0.3 is 0 Å². The van der Waals surface area contributed by atoms with E-state index < -0.39 is 137 Å². The van der Waals surface area contributed by atoms with Crippen LogP contribution in [0.4, 0.5) is 52.7 Å². The molecule has 23 aromatic rings. The Morgan fingerprint density at radius 1 is 0.200 bits per heavy atom. The van der Waals surface area contributed by atoms with Gasteiger partial charge in [-0.15, -0.1) is 0 Å². The molecule has 614 valence electrons. The standard InChI is InChI=1S/C34H12Cl2N12O2.C24F4N14.C20F8N10/c35-17-11-19-20(12-18(17)36)40-24-23(39-19)25-28(46-32-29(43-25)41-21(13-37)34(48-32)50-16-9-5-2-6-10-16)27-26(24)45-31-30(44-27)42-22(14-38)33(47-31)49-15-7-3-1-4-8-15;25-9-10(26)12(28)14-13(11(9)27)37-15-16(38-14)18-20(42-24-22(40-18)34-6(2-30)8(4-32)36-24)19-17(15)39-21-23(41-19)35-7(3-31)5(1-29)33-21;21-1-2(22)4(24)6-5(3(1)23)29-7-8(30-6)10-12(34-20-18(32-10)36-14(26)16(28)38-20)11-9(7)31-17-19(33-11)37-15(27)13(25)35-17/h1-12H;;. The number of aromatic nitrogens is 30. The fourth-order valence-corrected chi connectivity index (χ4v) is 13.6. The van der Waals surface area contributed by atoms with Crippen LogP contribution in [0.15, 0.2) is 72.8 Å². The van der Waals surface area contributed by atoms with Gasteiger partial charge in [0.25, 0.3) is 35.6 Å². The highest BCUT2D eigenvalue weighted by atomic mass is 35.5. The van der Waals surface area contributed by atoms with Crippen LogP contribution in [0.3, 0.4) is 0 Å². The first-order valence-corrected chi connectivity index (χ1v) is 36.5. The van der Waals surface area contributed by atoms with Gasteiger partial charge in [0.2, 0.25) is 45.3 Å². The van der Waals surface area contributed by atoms with Crippen molar-refractivity contribution in [3.8, 4) is 59.7 Å². The van der Waals surface area contributed by atoms with Gasteiger partial charge in [-0.3, -0.25) is 0 Å². The zero-order valence-electron chi connectivity index (χ0n) is 62.1. The van der Waals surface area contributed by atoms with E-state index in [-0.39, 0.29) is 178 Å². The second-order valence-corrected chi connectivity index (χ2v) is 27.4. The zero-order chi connectivity index (χ0) is 90.0. The first-order chi connectivity index (χ1) is 62.8. The minimum absolute atomic E-state index is 0.0413. The average molecular weight is 1780 g/mol. The minimum atomic E-state index is -2.17. The minimum Gasteiger partial charge on any atom is -0.436 e. The Labute approximate surface area is 710 Å². The Bertz CT molecular complexity index is 9270. The lowest BCUT2D eigenvalue weighted by atomic mass is 10.1. The summed E-state index contributed by atoms with van der Waals surface area (Å²) < 4.78 is 181. The van der Waals surface area contributed by atoms with Crippen molar-refractivity contribution in [3.05, 3.63) is 187 Å². The quantitative estimate of drug-likeness (QED) is 0.0519. The summed E-state index contributed by atoms with van der Waals surface area (Å²) in [6, 6.07) is 31.7. The molecule has 0 spiro atoms. The molecule has 0 radical (unpaired) electrons. The van der Waals surface area contributed by atoms with Gasteiger partial charge in [-0.05, 0) is 36.4 Å². The monoisotopic (exact) mass is 1780 g/mol. The molecule has 52 heteroatoms.